The summed E-state index contributed by atoms with van der Waals surface area (Å²) in [7, 11) is -2.07. The van der Waals surface area contributed by atoms with Crippen LogP contribution >= 0.6 is 0 Å². The summed E-state index contributed by atoms with van der Waals surface area (Å²) in [4.78, 5) is 42.7. The first-order chi connectivity index (χ1) is 19.6. The van der Waals surface area contributed by atoms with Crippen molar-refractivity contribution in [3.63, 3.8) is 0 Å². The van der Waals surface area contributed by atoms with E-state index in [1.54, 1.807) is 25.4 Å². The number of ketones is 1. The lowest BCUT2D eigenvalue weighted by molar-refractivity contribution is 0.0977. The van der Waals surface area contributed by atoms with Gasteiger partial charge in [-0.25, -0.2) is 18.1 Å². The van der Waals surface area contributed by atoms with E-state index in [1.165, 1.54) is 16.7 Å². The van der Waals surface area contributed by atoms with Crippen LogP contribution in [-0.2, 0) is 28.9 Å². The zero-order valence-electron chi connectivity index (χ0n) is 24.5. The lowest BCUT2D eigenvalue weighted by atomic mass is 9.86. The predicted molar refractivity (Wildman–Crippen MR) is 165 cm³/mol. The number of aromatic nitrogens is 2. The topological polar surface area (TPSA) is 127 Å². The van der Waals surface area contributed by atoms with E-state index in [2.05, 4.69) is 31.1 Å². The number of benzene rings is 3. The molecule has 0 radical (unpaired) electrons. The molecule has 0 saturated heterocycles. The van der Waals surface area contributed by atoms with Crippen molar-refractivity contribution in [3.8, 4) is 11.3 Å². The smallest absolute Gasteiger partial charge is 0.293 e. The van der Waals surface area contributed by atoms with Crippen LogP contribution in [0.4, 0.5) is 11.5 Å². The van der Waals surface area contributed by atoms with Crippen LogP contribution in [0.25, 0.3) is 11.3 Å². The lowest BCUT2D eigenvalue weighted by Gasteiger charge is -2.19. The highest BCUT2D eigenvalue weighted by Crippen LogP contribution is 2.27. The van der Waals surface area contributed by atoms with Gasteiger partial charge in [-0.05, 0) is 53.3 Å². The Morgan fingerprint density at radius 2 is 1.55 bits per heavy atom. The van der Waals surface area contributed by atoms with Crippen LogP contribution in [0.5, 0.6) is 0 Å². The molecule has 0 bridgehead atoms. The lowest BCUT2D eigenvalue weighted by Crippen LogP contribution is -2.29. The van der Waals surface area contributed by atoms with E-state index in [0.717, 1.165) is 28.5 Å². The van der Waals surface area contributed by atoms with Gasteiger partial charge in [0.25, 0.3) is 11.5 Å². The van der Waals surface area contributed by atoms with Gasteiger partial charge in [-0.2, -0.15) is 0 Å². The summed E-state index contributed by atoms with van der Waals surface area (Å²) in [5.74, 6) is -0.667. The van der Waals surface area contributed by atoms with Gasteiger partial charge >= 0.3 is 0 Å². The molecular formula is C32H34N4O5S. The fourth-order valence-corrected chi connectivity index (χ4v) is 4.92. The molecule has 0 saturated carbocycles. The molecule has 0 aliphatic rings. The number of Topliss-reactive ketones (excluding diaryl/α,β-unsaturated/α-hetero) is 1. The second-order valence-electron chi connectivity index (χ2n) is 11.3. The molecule has 0 fully saturated rings. The molecule has 0 spiro atoms. The van der Waals surface area contributed by atoms with Crippen LogP contribution in [-0.4, -0.2) is 35.9 Å². The molecule has 0 aliphatic heterocycles. The third-order valence-electron chi connectivity index (χ3n) is 6.90. The number of hydrogen-bond donors (Lipinski definition) is 2. The number of sulfonamides is 1. The number of carbonyl (C=O) groups is 2. The Bertz CT molecular complexity index is 1820. The quantitative estimate of drug-likeness (QED) is 0.281. The third kappa shape index (κ3) is 7.19. The van der Waals surface area contributed by atoms with E-state index in [-0.39, 0.29) is 34.6 Å². The van der Waals surface area contributed by atoms with Crippen molar-refractivity contribution in [2.75, 3.05) is 11.6 Å². The molecule has 10 heteroatoms. The fourth-order valence-electron chi connectivity index (χ4n) is 4.47. The first kappa shape index (κ1) is 30.4. The Morgan fingerprint density at radius 1 is 0.929 bits per heavy atom. The van der Waals surface area contributed by atoms with Crippen LogP contribution < -0.4 is 15.6 Å². The van der Waals surface area contributed by atoms with Crippen molar-refractivity contribution < 1.29 is 18.0 Å². The number of rotatable bonds is 8. The normalized spacial score (nSPS) is 11.7. The van der Waals surface area contributed by atoms with Crippen molar-refractivity contribution in [2.45, 2.75) is 39.5 Å². The fraction of sp³-hybridized carbons (Fsp3) is 0.250. The molecule has 0 unspecified atom stereocenters. The largest absolute Gasteiger partial charge is 0.336 e. The van der Waals surface area contributed by atoms with Gasteiger partial charge in [0.1, 0.15) is 0 Å². The van der Waals surface area contributed by atoms with E-state index in [0.29, 0.717) is 16.9 Å². The number of amides is 1. The maximum Gasteiger partial charge on any atom is 0.293 e. The number of anilines is 2. The van der Waals surface area contributed by atoms with Crippen molar-refractivity contribution in [1.82, 2.24) is 14.3 Å². The second-order valence-corrected chi connectivity index (χ2v) is 13.1. The molecule has 218 valence electrons. The first-order valence-corrected chi connectivity index (χ1v) is 15.2. The molecular weight excluding hydrogens is 552 g/mol. The Balaban J connectivity index is 1.58. The second kappa shape index (κ2) is 11.7. The number of nitrogens with zero attached hydrogens (tertiary/aromatic N) is 2. The first-order valence-electron chi connectivity index (χ1n) is 13.3. The minimum absolute atomic E-state index is 0.00296. The summed E-state index contributed by atoms with van der Waals surface area (Å²) in [5, 5.41) is 2.99. The summed E-state index contributed by atoms with van der Waals surface area (Å²) in [6.45, 7) is 8.33. The van der Waals surface area contributed by atoms with Gasteiger partial charge in [0.2, 0.25) is 10.0 Å². The van der Waals surface area contributed by atoms with Crippen LogP contribution in [0.2, 0.25) is 0 Å². The molecule has 42 heavy (non-hydrogen) atoms. The van der Waals surface area contributed by atoms with Gasteiger partial charge in [0.15, 0.2) is 11.6 Å². The standard InChI is InChI=1S/C32H34N4O5S/c1-20-23(18-28(37)21-10-14-24(15-11-21)32(2,3)4)8-7-9-26(20)27-19-36(5)31(39)29(34-27)33-25-16-12-22(13-17-25)30(38)35-42(6,40)41/h7-17,19H,18H2,1-6H3,(H,33,34)(H,35,38). The zero-order chi connectivity index (χ0) is 30.8. The Kier molecular flexibility index (Phi) is 8.49. The van der Waals surface area contributed by atoms with Crippen LogP contribution in [0, 0.1) is 6.92 Å². The van der Waals surface area contributed by atoms with E-state index in [4.69, 9.17) is 0 Å². The highest BCUT2D eigenvalue weighted by Gasteiger charge is 2.17. The molecule has 1 heterocycles. The Morgan fingerprint density at radius 3 is 2.14 bits per heavy atom. The van der Waals surface area contributed by atoms with Crippen LogP contribution in [0.3, 0.4) is 0 Å². The molecule has 4 rings (SSSR count). The summed E-state index contributed by atoms with van der Waals surface area (Å²) < 4.78 is 26.0. The number of aryl methyl sites for hydroxylation is 1. The van der Waals surface area contributed by atoms with Gasteiger partial charge in [0, 0.05) is 42.0 Å². The summed E-state index contributed by atoms with van der Waals surface area (Å²) in [5.41, 5.74) is 5.17. The minimum atomic E-state index is -3.69. The van der Waals surface area contributed by atoms with Crippen LogP contribution in [0.15, 0.2) is 77.7 Å². The van der Waals surface area contributed by atoms with Crippen LogP contribution in [0.1, 0.15) is 58.2 Å². The average Bonchev–Trinajstić information content (AvgIpc) is 2.91. The van der Waals surface area contributed by atoms with Crippen molar-refractivity contribution in [3.05, 3.63) is 111 Å². The molecule has 9 nitrogen and oxygen atoms in total. The van der Waals surface area contributed by atoms with Gasteiger partial charge in [-0.15, -0.1) is 0 Å². The summed E-state index contributed by atoms with van der Waals surface area (Å²) in [6.07, 6.45) is 2.77. The van der Waals surface area contributed by atoms with E-state index >= 15 is 0 Å². The molecule has 2 N–H and O–H groups in total. The van der Waals surface area contributed by atoms with Gasteiger partial charge in [-0.1, -0.05) is 63.2 Å². The monoisotopic (exact) mass is 586 g/mol. The highest BCUT2D eigenvalue weighted by atomic mass is 32.2. The van der Waals surface area contributed by atoms with Crippen molar-refractivity contribution in [1.29, 1.82) is 0 Å². The SMILES string of the molecule is Cc1c(CC(=O)c2ccc(C(C)(C)C)cc2)cccc1-c1cn(C)c(=O)c(Nc2ccc(C(=O)NS(C)(=O)=O)cc2)n1. The molecule has 0 aliphatic carbocycles. The molecule has 1 aromatic heterocycles. The molecule has 1 amide bonds. The van der Waals surface area contributed by atoms with Gasteiger partial charge in [0.05, 0.1) is 11.9 Å². The maximum absolute atomic E-state index is 13.1. The van der Waals surface area contributed by atoms with Gasteiger partial charge < -0.3 is 9.88 Å². The molecule has 0 atom stereocenters. The minimum Gasteiger partial charge on any atom is -0.336 e. The third-order valence-corrected chi connectivity index (χ3v) is 7.46. The Hall–Kier alpha value is -4.57. The predicted octanol–water partition coefficient (Wildman–Crippen LogP) is 4.91. The van der Waals surface area contributed by atoms with Gasteiger partial charge in [-0.3, -0.25) is 14.4 Å². The summed E-state index contributed by atoms with van der Waals surface area (Å²) >= 11 is 0. The van der Waals surface area contributed by atoms with Crippen molar-refractivity contribution in [2.24, 2.45) is 7.05 Å². The van der Waals surface area contributed by atoms with E-state index in [9.17, 15) is 22.8 Å². The maximum atomic E-state index is 13.1. The number of nitrogens with one attached hydrogen (secondary N) is 2. The van der Waals surface area contributed by atoms with Crippen molar-refractivity contribution >= 4 is 33.2 Å². The highest BCUT2D eigenvalue weighted by molar-refractivity contribution is 7.89. The zero-order valence-corrected chi connectivity index (χ0v) is 25.3. The van der Waals surface area contributed by atoms with E-state index in [1.807, 2.05) is 54.1 Å². The molecule has 3 aromatic carbocycles. The summed E-state index contributed by atoms with van der Waals surface area (Å²) in [6, 6.07) is 19.4. The number of hydrogen-bond acceptors (Lipinski definition) is 7. The molecule has 4 aromatic rings. The Labute approximate surface area is 245 Å². The average molecular weight is 587 g/mol. The van der Waals surface area contributed by atoms with E-state index < -0.39 is 15.9 Å². The number of carbonyl (C=O) groups excluding carboxylic acids is 2.